The van der Waals surface area contributed by atoms with Gasteiger partial charge in [0.2, 0.25) is 0 Å². The molecule has 4 N–H and O–H groups in total. The van der Waals surface area contributed by atoms with Crippen LogP contribution in [0.15, 0.2) is 0 Å². The third kappa shape index (κ3) is 1.98. The van der Waals surface area contributed by atoms with Crippen molar-refractivity contribution in [3.63, 3.8) is 0 Å². The summed E-state index contributed by atoms with van der Waals surface area (Å²) in [5, 5.41) is 16.1. The van der Waals surface area contributed by atoms with E-state index in [2.05, 4.69) is 21.3 Å². The van der Waals surface area contributed by atoms with E-state index in [4.69, 9.17) is 0 Å². The normalized spacial score (nSPS) is 57.6. The molecule has 0 aromatic carbocycles. The SMILES string of the molecule is C1CNC2C3NCCCC3C3(C2C1)C1CCCNC1C1NCCCC13. The van der Waals surface area contributed by atoms with E-state index in [1.165, 1.54) is 77.5 Å². The molecule has 140 valence electrons. The highest BCUT2D eigenvalue weighted by atomic mass is 15.1. The summed E-state index contributed by atoms with van der Waals surface area (Å²) in [6.07, 6.45) is 11.5. The molecule has 6 rings (SSSR count). The molecule has 8 unspecified atom stereocenters. The fraction of sp³-hybridized carbons (Fsp3) is 1.00. The summed E-state index contributed by atoms with van der Waals surface area (Å²) in [5.41, 5.74) is 0.604. The molecule has 0 amide bonds. The fourth-order valence-electron chi connectivity index (χ4n) is 9.05. The van der Waals surface area contributed by atoms with Gasteiger partial charge in [-0.1, -0.05) is 0 Å². The van der Waals surface area contributed by atoms with Crippen LogP contribution in [0.4, 0.5) is 0 Å². The van der Waals surface area contributed by atoms with Crippen LogP contribution >= 0.6 is 0 Å². The van der Waals surface area contributed by atoms with E-state index in [9.17, 15) is 0 Å². The Hall–Kier alpha value is -0.160. The smallest absolute Gasteiger partial charge is 0.0257 e. The van der Waals surface area contributed by atoms with Crippen LogP contribution in [0.25, 0.3) is 0 Å². The van der Waals surface area contributed by atoms with Crippen molar-refractivity contribution >= 4 is 0 Å². The number of hydrogen-bond donors (Lipinski definition) is 4. The lowest BCUT2D eigenvalue weighted by Gasteiger charge is -2.51. The van der Waals surface area contributed by atoms with Crippen molar-refractivity contribution in [3.05, 3.63) is 0 Å². The Morgan fingerprint density at radius 3 is 1.00 bits per heavy atom. The van der Waals surface area contributed by atoms with E-state index in [0.717, 1.165) is 47.8 Å². The quantitative estimate of drug-likeness (QED) is 0.538. The molecular formula is C21H36N4. The largest absolute Gasteiger partial charge is 0.312 e. The molecular weight excluding hydrogens is 308 g/mol. The van der Waals surface area contributed by atoms with Crippen molar-refractivity contribution in [1.29, 1.82) is 0 Å². The zero-order chi connectivity index (χ0) is 16.4. The van der Waals surface area contributed by atoms with Crippen molar-refractivity contribution < 1.29 is 0 Å². The van der Waals surface area contributed by atoms with E-state index in [0.29, 0.717) is 5.41 Å². The highest BCUT2D eigenvalue weighted by molar-refractivity contribution is 5.25. The fourth-order valence-corrected chi connectivity index (χ4v) is 9.05. The minimum atomic E-state index is 0.604. The highest BCUT2D eigenvalue weighted by Gasteiger charge is 2.72. The Kier molecular flexibility index (Phi) is 3.75. The van der Waals surface area contributed by atoms with Gasteiger partial charge in [0.25, 0.3) is 0 Å². The van der Waals surface area contributed by atoms with E-state index in [1.807, 2.05) is 0 Å². The molecule has 8 atom stereocenters. The Bertz CT molecular complexity index is 429. The van der Waals surface area contributed by atoms with E-state index in [-0.39, 0.29) is 0 Å². The van der Waals surface area contributed by atoms with Crippen LogP contribution in [0.3, 0.4) is 0 Å². The predicted molar refractivity (Wildman–Crippen MR) is 100 cm³/mol. The molecule has 6 aliphatic rings. The Morgan fingerprint density at radius 1 is 0.440 bits per heavy atom. The first-order valence-corrected chi connectivity index (χ1v) is 11.4. The third-order valence-electron chi connectivity index (χ3n) is 9.36. The van der Waals surface area contributed by atoms with Gasteiger partial charge in [0, 0.05) is 24.2 Å². The molecule has 4 heteroatoms. The summed E-state index contributed by atoms with van der Waals surface area (Å²) < 4.78 is 0. The van der Waals surface area contributed by atoms with Gasteiger partial charge in [0.1, 0.15) is 0 Å². The van der Waals surface area contributed by atoms with Crippen molar-refractivity contribution in [1.82, 2.24) is 21.3 Å². The molecule has 4 aliphatic heterocycles. The Labute approximate surface area is 152 Å². The number of nitrogens with one attached hydrogen (secondary N) is 4. The maximum Gasteiger partial charge on any atom is 0.0257 e. The molecule has 25 heavy (non-hydrogen) atoms. The maximum absolute atomic E-state index is 4.02. The van der Waals surface area contributed by atoms with Gasteiger partial charge in [-0.2, -0.15) is 0 Å². The molecule has 0 bridgehead atoms. The van der Waals surface area contributed by atoms with Gasteiger partial charge in [0.15, 0.2) is 0 Å². The van der Waals surface area contributed by atoms with Crippen LogP contribution < -0.4 is 21.3 Å². The van der Waals surface area contributed by atoms with Crippen molar-refractivity contribution in [2.75, 3.05) is 26.2 Å². The third-order valence-corrected chi connectivity index (χ3v) is 9.36. The highest BCUT2D eigenvalue weighted by Crippen LogP contribution is 2.68. The van der Waals surface area contributed by atoms with Crippen molar-refractivity contribution in [3.8, 4) is 0 Å². The average Bonchev–Trinajstić information content (AvgIpc) is 3.16. The van der Waals surface area contributed by atoms with Gasteiger partial charge in [-0.3, -0.25) is 0 Å². The Balaban J connectivity index is 1.50. The molecule has 6 fully saturated rings. The minimum absolute atomic E-state index is 0.604. The van der Waals surface area contributed by atoms with Crippen LogP contribution in [0.1, 0.15) is 51.4 Å². The first-order chi connectivity index (χ1) is 12.4. The monoisotopic (exact) mass is 344 g/mol. The molecule has 4 saturated heterocycles. The number of fused-ring (bicyclic) bond motifs is 10. The van der Waals surface area contributed by atoms with E-state index >= 15 is 0 Å². The van der Waals surface area contributed by atoms with Crippen LogP contribution in [-0.2, 0) is 0 Å². The average molecular weight is 345 g/mol. The summed E-state index contributed by atoms with van der Waals surface area (Å²) in [6, 6.07) is 3.01. The van der Waals surface area contributed by atoms with Crippen molar-refractivity contribution in [2.24, 2.45) is 29.1 Å². The van der Waals surface area contributed by atoms with Gasteiger partial charge >= 0.3 is 0 Å². The molecule has 2 aliphatic carbocycles. The zero-order valence-electron chi connectivity index (χ0n) is 15.6. The summed E-state index contributed by atoms with van der Waals surface area (Å²) in [6.45, 7) is 5.00. The van der Waals surface area contributed by atoms with Crippen LogP contribution in [0, 0.1) is 29.1 Å². The number of hydrogen-bond acceptors (Lipinski definition) is 4. The molecule has 1 spiro atoms. The first-order valence-electron chi connectivity index (χ1n) is 11.4. The summed E-state index contributed by atoms with van der Waals surface area (Å²) >= 11 is 0. The summed E-state index contributed by atoms with van der Waals surface area (Å²) in [4.78, 5) is 0. The summed E-state index contributed by atoms with van der Waals surface area (Å²) in [7, 11) is 0. The van der Waals surface area contributed by atoms with Gasteiger partial charge in [-0.05, 0) is 107 Å². The second-order valence-corrected chi connectivity index (χ2v) is 9.91. The molecule has 0 aromatic heterocycles. The topological polar surface area (TPSA) is 48.1 Å². The maximum atomic E-state index is 4.02. The lowest BCUT2D eigenvalue weighted by atomic mass is 9.55. The second-order valence-electron chi connectivity index (χ2n) is 9.91. The molecule has 4 nitrogen and oxygen atoms in total. The van der Waals surface area contributed by atoms with Gasteiger partial charge in [0.05, 0.1) is 0 Å². The van der Waals surface area contributed by atoms with Gasteiger partial charge in [-0.25, -0.2) is 0 Å². The summed E-state index contributed by atoms with van der Waals surface area (Å²) in [5.74, 6) is 3.68. The number of rotatable bonds is 0. The standard InChI is InChI=1S/C21H36N4/c1-5-13-17(22-9-1)18-14(6-2-10-23-18)21(13)15-7-3-11-24-19(15)20-16(21)8-4-12-25-20/h13-20,22-25H,1-12H2. The van der Waals surface area contributed by atoms with Gasteiger partial charge in [-0.15, -0.1) is 0 Å². The van der Waals surface area contributed by atoms with E-state index < -0.39 is 0 Å². The van der Waals surface area contributed by atoms with Crippen LogP contribution in [-0.4, -0.2) is 50.3 Å². The molecule has 4 heterocycles. The molecule has 0 radical (unpaired) electrons. The van der Waals surface area contributed by atoms with Crippen LogP contribution in [0.2, 0.25) is 0 Å². The zero-order valence-corrected chi connectivity index (χ0v) is 15.6. The minimum Gasteiger partial charge on any atom is -0.312 e. The first kappa shape index (κ1) is 15.9. The van der Waals surface area contributed by atoms with Crippen molar-refractivity contribution in [2.45, 2.75) is 75.5 Å². The Morgan fingerprint density at radius 2 is 0.720 bits per heavy atom. The number of piperidine rings is 4. The lowest BCUT2D eigenvalue weighted by Crippen LogP contribution is -2.53. The predicted octanol–water partition coefficient (Wildman–Crippen LogP) is 1.47. The second kappa shape index (κ2) is 5.92. The lowest BCUT2D eigenvalue weighted by molar-refractivity contribution is -0.0233. The van der Waals surface area contributed by atoms with Gasteiger partial charge < -0.3 is 21.3 Å². The van der Waals surface area contributed by atoms with Crippen LogP contribution in [0.5, 0.6) is 0 Å². The van der Waals surface area contributed by atoms with E-state index in [1.54, 1.807) is 0 Å². The molecule has 2 saturated carbocycles. The molecule has 0 aromatic rings.